The van der Waals surface area contributed by atoms with Gasteiger partial charge in [0.05, 0.1) is 52.3 Å². The number of anilines is 3. The molecule has 7 rings (SSSR count). The van der Waals surface area contributed by atoms with E-state index in [0.717, 1.165) is 66.2 Å². The van der Waals surface area contributed by atoms with Crippen LogP contribution in [0, 0.1) is 17.8 Å². The number of aliphatic hydroxyl groups is 1. The summed E-state index contributed by atoms with van der Waals surface area (Å²) in [6, 6.07) is 3.89. The van der Waals surface area contributed by atoms with E-state index in [2.05, 4.69) is 47.2 Å². The highest BCUT2D eigenvalue weighted by Crippen LogP contribution is 2.31. The van der Waals surface area contributed by atoms with E-state index in [4.69, 9.17) is 0 Å². The number of hydrogen-bond acceptors (Lipinski definition) is 11. The number of rotatable bonds is 8. The second-order valence-corrected chi connectivity index (χ2v) is 14.7. The Hall–Kier alpha value is -4.81. The molecule has 1 amide bonds. The predicted octanol–water partition coefficient (Wildman–Crippen LogP) is 2.81. The maximum atomic E-state index is 12.6. The van der Waals surface area contributed by atoms with Gasteiger partial charge < -0.3 is 20.2 Å². The molecule has 3 aliphatic rings. The molecule has 0 aromatic carbocycles. The minimum Gasteiger partial charge on any atom is -0.396 e. The number of piperidine rings is 2. The number of carbonyl (C=O) groups is 1. The number of nitrogens with zero attached hydrogens (tertiary/aromatic N) is 9. The van der Waals surface area contributed by atoms with Gasteiger partial charge in [0.2, 0.25) is 5.91 Å². The van der Waals surface area contributed by atoms with Crippen molar-refractivity contribution in [2.75, 3.05) is 43.0 Å². The number of carbonyl (C=O) groups excluding carboxylic acids is 1. The van der Waals surface area contributed by atoms with E-state index < -0.39 is 10.0 Å². The average molecular weight is 671 g/mol. The minimum atomic E-state index is -3.49. The van der Waals surface area contributed by atoms with Crippen LogP contribution in [0.5, 0.6) is 0 Å². The molecule has 250 valence electrons. The zero-order valence-corrected chi connectivity index (χ0v) is 27.6. The van der Waals surface area contributed by atoms with Crippen LogP contribution >= 0.6 is 0 Å². The third-order valence-corrected chi connectivity index (χ3v) is 11.2. The molecule has 2 N–H and O–H groups in total. The summed E-state index contributed by atoms with van der Waals surface area (Å²) in [4.78, 5) is 29.4. The summed E-state index contributed by atoms with van der Waals surface area (Å²) >= 11 is 0. The van der Waals surface area contributed by atoms with E-state index in [1.807, 2.05) is 21.8 Å². The topological polar surface area (TPSA) is 164 Å². The summed E-state index contributed by atoms with van der Waals surface area (Å²) in [6.45, 7) is 4.73. The second-order valence-electron chi connectivity index (χ2n) is 12.7. The molecular formula is C33H38N10O4S. The Morgan fingerprint density at radius 2 is 1.83 bits per heavy atom. The molecule has 0 spiro atoms. The fraction of sp³-hybridized carbons (Fsp3) is 0.455. The van der Waals surface area contributed by atoms with Gasteiger partial charge in [-0.05, 0) is 50.5 Å². The Morgan fingerprint density at radius 3 is 2.60 bits per heavy atom. The smallest absolute Gasteiger partial charge is 0.256 e. The molecule has 2 aliphatic heterocycles. The summed E-state index contributed by atoms with van der Waals surface area (Å²) in [5, 5.41) is 21.4. The van der Waals surface area contributed by atoms with Crippen LogP contribution in [-0.4, -0.2) is 96.3 Å². The summed E-state index contributed by atoms with van der Waals surface area (Å²) in [7, 11) is -3.49. The van der Waals surface area contributed by atoms with Crippen molar-refractivity contribution in [2.45, 2.75) is 56.7 Å². The van der Waals surface area contributed by atoms with Crippen molar-refractivity contribution in [3.8, 4) is 23.2 Å². The van der Waals surface area contributed by atoms with Crippen molar-refractivity contribution in [1.82, 2.24) is 38.8 Å². The summed E-state index contributed by atoms with van der Waals surface area (Å²) < 4.78 is 28.2. The monoisotopic (exact) mass is 670 g/mol. The SMILES string of the molecule is CC(=O)N1CCC(n2cc(C#Cc3cnc(Nc4ccnc(-c5cnn(S(=O)(=O)C6CC6)c5)n4)cc3N3CCCC(CO)C3)cn2)CC1. The maximum Gasteiger partial charge on any atom is 0.256 e. The lowest BCUT2D eigenvalue weighted by atomic mass is 9.98. The first-order valence-corrected chi connectivity index (χ1v) is 17.8. The number of nitrogens with one attached hydrogen (secondary N) is 1. The first-order chi connectivity index (χ1) is 23.3. The molecule has 2 saturated heterocycles. The highest BCUT2D eigenvalue weighted by atomic mass is 32.2. The van der Waals surface area contributed by atoms with Crippen LogP contribution < -0.4 is 10.2 Å². The molecule has 1 saturated carbocycles. The molecule has 4 aromatic rings. The molecule has 0 bridgehead atoms. The molecular weight excluding hydrogens is 632 g/mol. The van der Waals surface area contributed by atoms with Gasteiger partial charge in [0.15, 0.2) is 5.82 Å². The van der Waals surface area contributed by atoms with Crippen LogP contribution in [0.1, 0.15) is 62.6 Å². The quantitative estimate of drug-likeness (QED) is 0.265. The van der Waals surface area contributed by atoms with Gasteiger partial charge in [-0.1, -0.05) is 11.8 Å². The molecule has 15 heteroatoms. The van der Waals surface area contributed by atoms with Crippen LogP contribution in [0.3, 0.4) is 0 Å². The molecule has 14 nitrogen and oxygen atoms in total. The van der Waals surface area contributed by atoms with Gasteiger partial charge in [0.1, 0.15) is 11.6 Å². The van der Waals surface area contributed by atoms with E-state index in [0.29, 0.717) is 42.4 Å². The standard InChI is InChI=1S/C33H38N10O4S/c1-23(45)40-13-9-28(10-14-40)42-20-24(16-36-42)4-5-26-17-35-32(15-30(26)41-12-2-3-25(19-41)22-44)38-31-8-11-34-33(39-31)27-18-37-43(21-27)48(46,47)29-6-7-29/h8,11,15-18,20-21,25,28-29,44H,2-3,6-7,9-10,12-14,19,22H2,1H3,(H,34,35,38,39). The van der Waals surface area contributed by atoms with Crippen LogP contribution in [0.25, 0.3) is 11.4 Å². The molecule has 48 heavy (non-hydrogen) atoms. The van der Waals surface area contributed by atoms with Crippen LogP contribution in [0.4, 0.5) is 17.3 Å². The fourth-order valence-corrected chi connectivity index (χ4v) is 7.74. The Bertz CT molecular complexity index is 1970. The highest BCUT2D eigenvalue weighted by Gasteiger charge is 2.37. The first kappa shape index (κ1) is 31.8. The fourth-order valence-electron chi connectivity index (χ4n) is 6.27. The normalized spacial score (nSPS) is 18.8. The van der Waals surface area contributed by atoms with Crippen molar-refractivity contribution in [3.63, 3.8) is 0 Å². The minimum absolute atomic E-state index is 0.110. The lowest BCUT2D eigenvalue weighted by molar-refractivity contribution is -0.130. The van der Waals surface area contributed by atoms with Gasteiger partial charge in [-0.15, -0.1) is 0 Å². The van der Waals surface area contributed by atoms with Crippen molar-refractivity contribution >= 4 is 33.3 Å². The summed E-state index contributed by atoms with van der Waals surface area (Å²) in [6.07, 6.45) is 14.9. The largest absolute Gasteiger partial charge is 0.396 e. The molecule has 6 heterocycles. The lowest BCUT2D eigenvalue weighted by Crippen LogP contribution is -2.37. The van der Waals surface area contributed by atoms with E-state index in [9.17, 15) is 18.3 Å². The number of likely N-dealkylation sites (tertiary alicyclic amines) is 1. The maximum absolute atomic E-state index is 12.6. The molecule has 0 radical (unpaired) electrons. The van der Waals surface area contributed by atoms with Crippen LogP contribution in [0.2, 0.25) is 0 Å². The van der Waals surface area contributed by atoms with Crippen molar-refractivity contribution in [1.29, 1.82) is 0 Å². The number of hydrogen-bond donors (Lipinski definition) is 2. The van der Waals surface area contributed by atoms with Gasteiger partial charge in [-0.2, -0.15) is 14.3 Å². The van der Waals surface area contributed by atoms with E-state index in [1.54, 1.807) is 31.6 Å². The molecule has 1 atom stereocenters. The van der Waals surface area contributed by atoms with Gasteiger partial charge in [0.25, 0.3) is 10.0 Å². The number of aromatic nitrogens is 7. The van der Waals surface area contributed by atoms with Crippen LogP contribution in [-0.2, 0) is 14.8 Å². The molecule has 1 unspecified atom stereocenters. The van der Waals surface area contributed by atoms with Gasteiger partial charge in [0, 0.05) is 64.4 Å². The van der Waals surface area contributed by atoms with Crippen molar-refractivity contribution in [2.24, 2.45) is 5.92 Å². The van der Waals surface area contributed by atoms with Crippen molar-refractivity contribution in [3.05, 3.63) is 60.4 Å². The summed E-state index contributed by atoms with van der Waals surface area (Å²) in [5.74, 6) is 8.25. The lowest BCUT2D eigenvalue weighted by Gasteiger charge is -2.34. The zero-order valence-electron chi connectivity index (χ0n) is 26.7. The highest BCUT2D eigenvalue weighted by molar-refractivity contribution is 7.90. The molecule has 3 fully saturated rings. The van der Waals surface area contributed by atoms with Gasteiger partial charge >= 0.3 is 0 Å². The average Bonchev–Trinajstić information content (AvgIpc) is 3.66. The number of amides is 1. The Morgan fingerprint density at radius 1 is 1.00 bits per heavy atom. The van der Waals surface area contributed by atoms with E-state index in [1.165, 1.54) is 12.4 Å². The molecule has 4 aromatic heterocycles. The third kappa shape index (κ3) is 6.90. The molecule has 1 aliphatic carbocycles. The Balaban J connectivity index is 1.11. The van der Waals surface area contributed by atoms with E-state index in [-0.39, 0.29) is 29.7 Å². The van der Waals surface area contributed by atoms with E-state index >= 15 is 0 Å². The summed E-state index contributed by atoms with van der Waals surface area (Å²) in [5.41, 5.74) is 2.96. The van der Waals surface area contributed by atoms with Crippen molar-refractivity contribution < 1.29 is 18.3 Å². The third-order valence-electron chi connectivity index (χ3n) is 9.16. The predicted molar refractivity (Wildman–Crippen MR) is 179 cm³/mol. The van der Waals surface area contributed by atoms with Gasteiger partial charge in [-0.25, -0.2) is 23.4 Å². The van der Waals surface area contributed by atoms with Crippen LogP contribution in [0.15, 0.2) is 49.3 Å². The Kier molecular flexibility index (Phi) is 8.84. The number of aliphatic hydroxyl groups excluding tert-OH is 1. The second kappa shape index (κ2) is 13.4. The Labute approximate surface area is 279 Å². The van der Waals surface area contributed by atoms with Gasteiger partial charge in [-0.3, -0.25) is 9.48 Å². The first-order valence-electron chi connectivity index (χ1n) is 16.3. The zero-order chi connectivity index (χ0) is 33.3. The number of pyridine rings is 1.